The average molecular weight is 399 g/mol. The minimum atomic E-state index is 0.0128. The van der Waals surface area contributed by atoms with E-state index >= 15 is 0 Å². The van der Waals surface area contributed by atoms with Crippen LogP contribution in [0.3, 0.4) is 0 Å². The Morgan fingerprint density at radius 2 is 1.77 bits per heavy atom. The lowest BCUT2D eigenvalue weighted by Crippen LogP contribution is -2.43. The molecule has 5 rings (SSSR count). The van der Waals surface area contributed by atoms with Crippen LogP contribution in [0.4, 0.5) is 5.69 Å². The van der Waals surface area contributed by atoms with Crippen LogP contribution in [0.25, 0.3) is 33.7 Å². The molecule has 1 aliphatic carbocycles. The molecule has 2 aromatic rings. The number of para-hydroxylation sites is 2. The van der Waals surface area contributed by atoms with Gasteiger partial charge in [0.2, 0.25) is 0 Å². The quantitative estimate of drug-likeness (QED) is 0.510. The van der Waals surface area contributed by atoms with Crippen LogP contribution in [0.15, 0.2) is 51.7 Å². The van der Waals surface area contributed by atoms with Gasteiger partial charge < -0.3 is 14.6 Å². The van der Waals surface area contributed by atoms with Crippen molar-refractivity contribution >= 4 is 16.8 Å². The summed E-state index contributed by atoms with van der Waals surface area (Å²) >= 11 is 0. The number of fused-ring (bicyclic) bond motifs is 2. The van der Waals surface area contributed by atoms with Crippen molar-refractivity contribution < 1.29 is 4.42 Å². The Bertz CT molecular complexity index is 1290. The van der Waals surface area contributed by atoms with Crippen LogP contribution in [0, 0.1) is 20.8 Å². The number of hydrogen-bond acceptors (Lipinski definition) is 5. The van der Waals surface area contributed by atoms with E-state index in [1.54, 1.807) is 0 Å². The van der Waals surface area contributed by atoms with E-state index in [1.165, 1.54) is 5.69 Å². The van der Waals surface area contributed by atoms with Gasteiger partial charge in [0.05, 0.1) is 5.56 Å². The molecule has 0 spiro atoms. The van der Waals surface area contributed by atoms with Gasteiger partial charge >= 0.3 is 0 Å². The third-order valence-electron chi connectivity index (χ3n) is 6.20. The lowest BCUT2D eigenvalue weighted by atomic mass is 9.91. The zero-order valence-electron chi connectivity index (χ0n) is 17.6. The molecular weight excluding hydrogens is 374 g/mol. The summed E-state index contributed by atoms with van der Waals surface area (Å²) in [5, 5.41) is 3.39. The Kier molecular flexibility index (Phi) is 4.55. The Balaban J connectivity index is 1.74. The first-order chi connectivity index (χ1) is 14.5. The molecule has 0 radical (unpaired) electrons. The molecule has 1 saturated heterocycles. The van der Waals surface area contributed by atoms with E-state index in [-0.39, 0.29) is 5.43 Å². The van der Waals surface area contributed by atoms with Gasteiger partial charge in [-0.2, -0.15) is 0 Å². The minimum absolute atomic E-state index is 0.0128. The summed E-state index contributed by atoms with van der Waals surface area (Å²) < 4.78 is 6.27. The predicted octanol–water partition coefficient (Wildman–Crippen LogP) is 4.29. The van der Waals surface area contributed by atoms with Gasteiger partial charge in [-0.25, -0.2) is 4.98 Å². The molecule has 30 heavy (non-hydrogen) atoms. The van der Waals surface area contributed by atoms with Crippen molar-refractivity contribution in [1.82, 2.24) is 10.3 Å². The van der Waals surface area contributed by atoms with Crippen molar-refractivity contribution in [1.29, 1.82) is 0 Å². The maximum atomic E-state index is 13.4. The first kappa shape index (κ1) is 18.8. The number of hydrogen-bond donors (Lipinski definition) is 1. The van der Waals surface area contributed by atoms with E-state index in [9.17, 15) is 4.79 Å². The van der Waals surface area contributed by atoms with Gasteiger partial charge in [0.25, 0.3) is 0 Å². The normalized spacial score (nSPS) is 14.6. The van der Waals surface area contributed by atoms with Crippen LogP contribution in [0.5, 0.6) is 0 Å². The Hall–Kier alpha value is -3.18. The van der Waals surface area contributed by atoms with Crippen molar-refractivity contribution in [2.75, 3.05) is 31.1 Å². The van der Waals surface area contributed by atoms with Gasteiger partial charge in [0, 0.05) is 37.4 Å². The van der Waals surface area contributed by atoms with E-state index in [2.05, 4.69) is 35.3 Å². The van der Waals surface area contributed by atoms with Crippen LogP contribution >= 0.6 is 0 Å². The molecule has 0 aromatic heterocycles. The maximum Gasteiger partial charge on any atom is 0.193 e. The molecule has 0 unspecified atom stereocenters. The summed E-state index contributed by atoms with van der Waals surface area (Å²) in [6.07, 6.45) is 0. The van der Waals surface area contributed by atoms with Crippen molar-refractivity contribution in [3.05, 3.63) is 69.4 Å². The molecule has 5 nitrogen and oxygen atoms in total. The summed E-state index contributed by atoms with van der Waals surface area (Å²) in [5.74, 6) is 0.569. The molecule has 1 N–H and O–H groups in total. The fourth-order valence-corrected chi connectivity index (χ4v) is 4.32. The highest BCUT2D eigenvalue weighted by Gasteiger charge is 2.25. The van der Waals surface area contributed by atoms with Crippen LogP contribution in [-0.2, 0) is 0 Å². The van der Waals surface area contributed by atoms with Gasteiger partial charge in [-0.1, -0.05) is 18.2 Å². The number of benzene rings is 3. The standard InChI is InChI=1S/C25H25N3O2/c1-15-14-18(28-12-10-26-11-13-28)8-9-19(15)22-24(29)17(3)16(2)23-25(22)30-21-7-5-4-6-20(21)27-23/h4-9,14,26H,10-13H2,1-3H3. The van der Waals surface area contributed by atoms with Crippen molar-refractivity contribution in [3.63, 3.8) is 0 Å². The van der Waals surface area contributed by atoms with Gasteiger partial charge in [0.1, 0.15) is 11.2 Å². The smallest absolute Gasteiger partial charge is 0.193 e. The minimum Gasteiger partial charge on any atom is -0.452 e. The summed E-state index contributed by atoms with van der Waals surface area (Å²) in [7, 11) is 0. The third kappa shape index (κ3) is 2.97. The second-order valence-corrected chi connectivity index (χ2v) is 8.05. The van der Waals surface area contributed by atoms with Crippen LogP contribution in [0.2, 0.25) is 0 Å². The Morgan fingerprint density at radius 1 is 1.00 bits per heavy atom. The number of nitrogens with one attached hydrogen (secondary N) is 1. The summed E-state index contributed by atoms with van der Waals surface area (Å²) in [6.45, 7) is 9.85. The fraction of sp³-hybridized carbons (Fsp3) is 0.280. The maximum absolute atomic E-state index is 13.4. The number of aryl methyl sites for hydroxylation is 1. The molecule has 5 heteroatoms. The molecule has 152 valence electrons. The fourth-order valence-electron chi connectivity index (χ4n) is 4.32. The van der Waals surface area contributed by atoms with Gasteiger partial charge in [-0.05, 0) is 61.7 Å². The molecule has 2 aliphatic heterocycles. The highest BCUT2D eigenvalue weighted by molar-refractivity contribution is 5.87. The highest BCUT2D eigenvalue weighted by atomic mass is 16.3. The zero-order valence-corrected chi connectivity index (χ0v) is 17.6. The van der Waals surface area contributed by atoms with E-state index in [4.69, 9.17) is 9.40 Å². The molecule has 0 atom stereocenters. The molecule has 1 fully saturated rings. The van der Waals surface area contributed by atoms with Crippen LogP contribution < -0.4 is 15.6 Å². The van der Waals surface area contributed by atoms with E-state index in [1.807, 2.05) is 38.1 Å². The SMILES string of the molecule is Cc1cc(N2CCNCC2)ccc1-c1c2oc3ccccc3nc-2c(C)c(C)c1=O. The number of nitrogens with zero attached hydrogens (tertiary/aromatic N) is 2. The third-order valence-corrected chi connectivity index (χ3v) is 6.20. The van der Waals surface area contributed by atoms with Crippen molar-refractivity contribution in [2.24, 2.45) is 0 Å². The summed E-state index contributed by atoms with van der Waals surface area (Å²) in [4.78, 5) is 20.6. The molecule has 2 heterocycles. The second kappa shape index (κ2) is 7.26. The molecule has 2 aromatic carbocycles. The second-order valence-electron chi connectivity index (χ2n) is 8.05. The summed E-state index contributed by atoms with van der Waals surface area (Å²) in [6, 6.07) is 14.0. The van der Waals surface area contributed by atoms with E-state index in [0.717, 1.165) is 59.6 Å². The van der Waals surface area contributed by atoms with E-state index < -0.39 is 0 Å². The lowest BCUT2D eigenvalue weighted by Gasteiger charge is -2.30. The van der Waals surface area contributed by atoms with Gasteiger partial charge in [0.15, 0.2) is 16.8 Å². The van der Waals surface area contributed by atoms with Gasteiger partial charge in [-0.15, -0.1) is 0 Å². The predicted molar refractivity (Wildman–Crippen MR) is 122 cm³/mol. The number of rotatable bonds is 2. The molecular formula is C25H25N3O2. The lowest BCUT2D eigenvalue weighted by molar-refractivity contribution is 0.589. The van der Waals surface area contributed by atoms with Crippen LogP contribution in [-0.4, -0.2) is 31.2 Å². The number of anilines is 1. The summed E-state index contributed by atoms with van der Waals surface area (Å²) in [5.41, 5.74) is 7.62. The first-order valence-electron chi connectivity index (χ1n) is 10.4. The number of aromatic nitrogens is 1. The Morgan fingerprint density at radius 3 is 2.53 bits per heavy atom. The average Bonchev–Trinajstić information content (AvgIpc) is 2.78. The molecule has 3 aliphatic rings. The van der Waals surface area contributed by atoms with Crippen molar-refractivity contribution in [3.8, 4) is 22.6 Å². The first-order valence-corrected chi connectivity index (χ1v) is 10.4. The van der Waals surface area contributed by atoms with Gasteiger partial charge in [-0.3, -0.25) is 4.79 Å². The zero-order chi connectivity index (χ0) is 20.8. The molecule has 0 amide bonds. The van der Waals surface area contributed by atoms with Crippen molar-refractivity contribution in [2.45, 2.75) is 20.8 Å². The monoisotopic (exact) mass is 399 g/mol. The highest BCUT2D eigenvalue weighted by Crippen LogP contribution is 2.37. The number of piperazine rings is 1. The van der Waals surface area contributed by atoms with Crippen LogP contribution in [0.1, 0.15) is 16.7 Å². The van der Waals surface area contributed by atoms with E-state index in [0.29, 0.717) is 16.9 Å². The molecule has 0 saturated carbocycles. The molecule has 0 bridgehead atoms. The largest absolute Gasteiger partial charge is 0.452 e. The topological polar surface area (TPSA) is 58.4 Å². The Labute approximate surface area is 175 Å².